The lowest BCUT2D eigenvalue weighted by molar-refractivity contribution is -0.153. The van der Waals surface area contributed by atoms with Gasteiger partial charge in [-0.15, -0.1) is 0 Å². The first-order valence-electron chi connectivity index (χ1n) is 6.17. The van der Waals surface area contributed by atoms with E-state index in [-0.39, 0.29) is 18.7 Å². The van der Waals surface area contributed by atoms with E-state index < -0.39 is 23.3 Å². The number of esters is 1. The number of rotatable bonds is 4. The first-order valence-corrected chi connectivity index (χ1v) is 6.17. The van der Waals surface area contributed by atoms with Crippen LogP contribution in [0.25, 0.3) is 0 Å². The molecule has 3 nitrogen and oxygen atoms in total. The van der Waals surface area contributed by atoms with Gasteiger partial charge in [0.25, 0.3) is 0 Å². The molecule has 0 atom stereocenters. The van der Waals surface area contributed by atoms with Gasteiger partial charge in [-0.25, -0.2) is 0 Å². The Bertz CT molecular complexity index is 464. The molecule has 112 valence electrons. The van der Waals surface area contributed by atoms with E-state index in [1.54, 1.807) is 20.8 Å². The van der Waals surface area contributed by atoms with Crippen LogP contribution in [0, 0.1) is 0 Å². The van der Waals surface area contributed by atoms with E-state index in [4.69, 9.17) is 4.74 Å². The standard InChI is InChI=1S/C14H18F3NO2/c1-13(2,3)20-12(19)9-18-8-10-6-4-5-7-11(10)14(15,16)17/h4-7,18H,8-9H2,1-3H3. The molecule has 0 aliphatic carbocycles. The molecule has 0 fully saturated rings. The summed E-state index contributed by atoms with van der Waals surface area (Å²) in [6.45, 7) is 5.00. The average Bonchev–Trinajstić information content (AvgIpc) is 2.25. The Labute approximate surface area is 116 Å². The number of carbonyl (C=O) groups excluding carboxylic acids is 1. The molecule has 6 heteroatoms. The van der Waals surface area contributed by atoms with Crippen molar-refractivity contribution in [3.8, 4) is 0 Å². The molecule has 1 rings (SSSR count). The fraction of sp³-hybridized carbons (Fsp3) is 0.500. The minimum absolute atomic E-state index is 0.0467. The van der Waals surface area contributed by atoms with Crippen molar-refractivity contribution in [3.05, 3.63) is 35.4 Å². The van der Waals surface area contributed by atoms with Crippen LogP contribution < -0.4 is 5.32 Å². The van der Waals surface area contributed by atoms with Crippen LogP contribution in [0.4, 0.5) is 13.2 Å². The van der Waals surface area contributed by atoms with Crippen LogP contribution in [0.2, 0.25) is 0 Å². The van der Waals surface area contributed by atoms with Crippen molar-refractivity contribution in [1.29, 1.82) is 0 Å². The predicted octanol–water partition coefficient (Wildman–Crippen LogP) is 3.14. The van der Waals surface area contributed by atoms with Gasteiger partial charge < -0.3 is 10.1 Å². The van der Waals surface area contributed by atoms with E-state index in [0.29, 0.717) is 0 Å². The summed E-state index contributed by atoms with van der Waals surface area (Å²) in [6.07, 6.45) is -4.40. The molecule has 0 aliphatic heterocycles. The molecule has 0 spiro atoms. The number of carbonyl (C=O) groups is 1. The molecule has 0 heterocycles. The Kier molecular flexibility index (Phi) is 5.16. The summed E-state index contributed by atoms with van der Waals surface area (Å²) in [5.74, 6) is -0.498. The van der Waals surface area contributed by atoms with Gasteiger partial charge in [-0.05, 0) is 32.4 Å². The Morgan fingerprint density at radius 2 is 1.80 bits per heavy atom. The lowest BCUT2D eigenvalue weighted by Gasteiger charge is -2.19. The van der Waals surface area contributed by atoms with Crippen molar-refractivity contribution in [2.24, 2.45) is 0 Å². The van der Waals surface area contributed by atoms with Gasteiger partial charge in [0, 0.05) is 6.54 Å². The highest BCUT2D eigenvalue weighted by Crippen LogP contribution is 2.31. The number of alkyl halides is 3. The van der Waals surface area contributed by atoms with Gasteiger partial charge in [0.05, 0.1) is 12.1 Å². The molecule has 0 bridgehead atoms. The third-order valence-electron chi connectivity index (χ3n) is 2.33. The number of hydrogen-bond acceptors (Lipinski definition) is 3. The highest BCUT2D eigenvalue weighted by molar-refractivity contribution is 5.72. The second-order valence-corrected chi connectivity index (χ2v) is 5.34. The monoisotopic (exact) mass is 289 g/mol. The van der Waals surface area contributed by atoms with E-state index in [2.05, 4.69) is 5.32 Å². The molecule has 0 saturated carbocycles. The third kappa shape index (κ3) is 5.61. The first kappa shape index (κ1) is 16.5. The Balaban J connectivity index is 2.57. The van der Waals surface area contributed by atoms with Crippen molar-refractivity contribution in [2.45, 2.75) is 39.1 Å². The molecule has 0 radical (unpaired) electrons. The van der Waals surface area contributed by atoms with Crippen molar-refractivity contribution in [1.82, 2.24) is 5.32 Å². The lowest BCUT2D eigenvalue weighted by Crippen LogP contribution is -2.31. The Morgan fingerprint density at radius 1 is 1.20 bits per heavy atom. The third-order valence-corrected chi connectivity index (χ3v) is 2.33. The minimum atomic E-state index is -4.40. The number of hydrogen-bond donors (Lipinski definition) is 1. The van der Waals surface area contributed by atoms with Gasteiger partial charge in [0.15, 0.2) is 0 Å². The Hall–Kier alpha value is -1.56. The van der Waals surface area contributed by atoms with Crippen LogP contribution in [0.3, 0.4) is 0 Å². The normalized spacial score (nSPS) is 12.3. The van der Waals surface area contributed by atoms with Crippen molar-refractivity contribution in [2.75, 3.05) is 6.54 Å². The van der Waals surface area contributed by atoms with Gasteiger partial charge in [-0.3, -0.25) is 4.79 Å². The maximum Gasteiger partial charge on any atom is 0.416 e. The Morgan fingerprint density at radius 3 is 2.35 bits per heavy atom. The van der Waals surface area contributed by atoms with E-state index in [0.717, 1.165) is 6.07 Å². The number of benzene rings is 1. The second-order valence-electron chi connectivity index (χ2n) is 5.34. The maximum absolute atomic E-state index is 12.7. The molecule has 0 amide bonds. The number of ether oxygens (including phenoxy) is 1. The summed E-state index contributed by atoms with van der Waals surface area (Å²) >= 11 is 0. The molecule has 1 aromatic rings. The minimum Gasteiger partial charge on any atom is -0.459 e. The first-order chi connectivity index (χ1) is 9.09. The molecule has 1 N–H and O–H groups in total. The van der Waals surface area contributed by atoms with Crippen LogP contribution >= 0.6 is 0 Å². The largest absolute Gasteiger partial charge is 0.459 e. The lowest BCUT2D eigenvalue weighted by atomic mass is 10.1. The zero-order valence-electron chi connectivity index (χ0n) is 11.7. The molecule has 0 aromatic heterocycles. The van der Waals surface area contributed by atoms with Crippen molar-refractivity contribution >= 4 is 5.97 Å². The van der Waals surface area contributed by atoms with Gasteiger partial charge >= 0.3 is 12.1 Å². The van der Waals surface area contributed by atoms with E-state index in [1.807, 2.05) is 0 Å². The van der Waals surface area contributed by atoms with Crippen LogP contribution in [0.5, 0.6) is 0 Å². The molecule has 20 heavy (non-hydrogen) atoms. The average molecular weight is 289 g/mol. The van der Waals surface area contributed by atoms with Crippen LogP contribution in [0.1, 0.15) is 31.9 Å². The summed E-state index contributed by atoms with van der Waals surface area (Å²) in [5, 5.41) is 2.66. The highest BCUT2D eigenvalue weighted by atomic mass is 19.4. The van der Waals surface area contributed by atoms with Gasteiger partial charge in [0.1, 0.15) is 5.60 Å². The molecule has 0 aliphatic rings. The topological polar surface area (TPSA) is 38.3 Å². The van der Waals surface area contributed by atoms with Crippen LogP contribution in [-0.2, 0) is 22.3 Å². The van der Waals surface area contributed by atoms with E-state index in [9.17, 15) is 18.0 Å². The maximum atomic E-state index is 12.7. The summed E-state index contributed by atoms with van der Waals surface area (Å²) < 4.78 is 43.3. The number of halogens is 3. The fourth-order valence-electron chi connectivity index (χ4n) is 1.63. The summed E-state index contributed by atoms with van der Waals surface area (Å²) in [4.78, 5) is 11.4. The quantitative estimate of drug-likeness (QED) is 0.865. The van der Waals surface area contributed by atoms with Gasteiger partial charge in [-0.1, -0.05) is 18.2 Å². The predicted molar refractivity (Wildman–Crippen MR) is 69.0 cm³/mol. The summed E-state index contributed by atoms with van der Waals surface area (Å²) in [7, 11) is 0. The van der Waals surface area contributed by atoms with Crippen molar-refractivity contribution in [3.63, 3.8) is 0 Å². The van der Waals surface area contributed by atoms with Crippen LogP contribution in [0.15, 0.2) is 24.3 Å². The van der Waals surface area contributed by atoms with Gasteiger partial charge in [0.2, 0.25) is 0 Å². The number of nitrogens with one attached hydrogen (secondary N) is 1. The van der Waals surface area contributed by atoms with E-state index in [1.165, 1.54) is 18.2 Å². The van der Waals surface area contributed by atoms with Crippen LogP contribution in [-0.4, -0.2) is 18.1 Å². The molecule has 0 saturated heterocycles. The molecule has 1 aromatic carbocycles. The molecular weight excluding hydrogens is 271 g/mol. The van der Waals surface area contributed by atoms with Crippen molar-refractivity contribution < 1.29 is 22.7 Å². The zero-order chi connectivity index (χ0) is 15.4. The molecular formula is C14H18F3NO2. The summed E-state index contributed by atoms with van der Waals surface area (Å²) in [5.41, 5.74) is -1.21. The SMILES string of the molecule is CC(C)(C)OC(=O)CNCc1ccccc1C(F)(F)F. The summed E-state index contributed by atoms with van der Waals surface area (Å²) in [6, 6.07) is 5.26. The van der Waals surface area contributed by atoms with Gasteiger partial charge in [-0.2, -0.15) is 13.2 Å². The second kappa shape index (κ2) is 6.26. The highest BCUT2D eigenvalue weighted by Gasteiger charge is 2.32. The fourth-order valence-corrected chi connectivity index (χ4v) is 1.63. The molecule has 0 unspecified atom stereocenters. The van der Waals surface area contributed by atoms with E-state index >= 15 is 0 Å². The smallest absolute Gasteiger partial charge is 0.416 e. The zero-order valence-corrected chi connectivity index (χ0v) is 11.7.